The van der Waals surface area contributed by atoms with Gasteiger partial charge >= 0.3 is 12.1 Å². The van der Waals surface area contributed by atoms with E-state index in [0.717, 1.165) is 17.7 Å². The number of hydrogen-bond donors (Lipinski definition) is 1. The highest BCUT2D eigenvalue weighted by molar-refractivity contribution is 6.07. The van der Waals surface area contributed by atoms with E-state index in [1.807, 2.05) is 52.8 Å². The van der Waals surface area contributed by atoms with Gasteiger partial charge in [-0.15, -0.1) is 0 Å². The van der Waals surface area contributed by atoms with E-state index in [1.165, 1.54) is 19.2 Å². The number of benzene rings is 3. The van der Waals surface area contributed by atoms with Gasteiger partial charge in [-0.05, 0) is 107 Å². The second-order valence-electron chi connectivity index (χ2n) is 16.5. The molecule has 3 amide bonds. The number of halogens is 1. The van der Waals surface area contributed by atoms with Crippen molar-refractivity contribution in [2.45, 2.75) is 77.1 Å². The molecular weight excluding hydrogens is 717 g/mol. The van der Waals surface area contributed by atoms with E-state index in [9.17, 15) is 23.6 Å². The maximum Gasteiger partial charge on any atom is 0.410 e. The van der Waals surface area contributed by atoms with E-state index in [0.29, 0.717) is 61.8 Å². The molecular formula is C43H54FN5O7. The third-order valence-corrected chi connectivity index (χ3v) is 11.0. The van der Waals surface area contributed by atoms with Gasteiger partial charge in [0, 0.05) is 62.2 Å². The first-order chi connectivity index (χ1) is 26.5. The minimum absolute atomic E-state index is 0.0736. The Labute approximate surface area is 328 Å². The van der Waals surface area contributed by atoms with Crippen molar-refractivity contribution in [2.75, 3.05) is 69.8 Å². The summed E-state index contributed by atoms with van der Waals surface area (Å²) in [7, 11) is 1.31. The van der Waals surface area contributed by atoms with E-state index < -0.39 is 17.0 Å². The van der Waals surface area contributed by atoms with Crippen LogP contribution in [-0.2, 0) is 35.6 Å². The maximum absolute atomic E-state index is 14.7. The van der Waals surface area contributed by atoms with Crippen LogP contribution in [0.15, 0.2) is 66.7 Å². The number of rotatable bonds is 9. The van der Waals surface area contributed by atoms with Crippen molar-refractivity contribution >= 4 is 35.3 Å². The van der Waals surface area contributed by atoms with Gasteiger partial charge in [-0.2, -0.15) is 0 Å². The number of nitrogens with zero attached hydrogens (tertiary/aromatic N) is 4. The van der Waals surface area contributed by atoms with Crippen molar-refractivity contribution in [1.29, 1.82) is 0 Å². The number of carbonyl (C=O) groups is 4. The molecule has 3 aliphatic rings. The van der Waals surface area contributed by atoms with Gasteiger partial charge in [0.25, 0.3) is 0 Å². The third-order valence-electron chi connectivity index (χ3n) is 11.0. The molecule has 0 aromatic heterocycles. The first-order valence-corrected chi connectivity index (χ1v) is 19.3. The van der Waals surface area contributed by atoms with E-state index in [4.69, 9.17) is 14.2 Å². The molecule has 6 rings (SSSR count). The molecule has 1 N–H and O–H groups in total. The molecule has 0 spiro atoms. The Morgan fingerprint density at radius 2 is 1.62 bits per heavy atom. The molecule has 0 bridgehead atoms. The number of anilines is 2. The summed E-state index contributed by atoms with van der Waals surface area (Å²) < 4.78 is 30.0. The molecule has 300 valence electrons. The minimum Gasteiger partial charge on any atom is -0.465 e. The van der Waals surface area contributed by atoms with Crippen LogP contribution in [0.2, 0.25) is 0 Å². The highest BCUT2D eigenvalue weighted by Crippen LogP contribution is 2.43. The quantitative estimate of drug-likeness (QED) is 0.282. The summed E-state index contributed by atoms with van der Waals surface area (Å²) in [6.45, 7) is 15.1. The fourth-order valence-corrected chi connectivity index (χ4v) is 7.81. The Balaban J connectivity index is 1.28. The molecule has 3 heterocycles. The van der Waals surface area contributed by atoms with Gasteiger partial charge in [-0.25, -0.2) is 14.0 Å². The van der Waals surface area contributed by atoms with Crippen molar-refractivity contribution in [3.05, 3.63) is 94.8 Å². The molecule has 0 radical (unpaired) electrons. The molecule has 3 aromatic rings. The number of ether oxygens (including phenoxy) is 3. The van der Waals surface area contributed by atoms with Crippen LogP contribution < -0.4 is 10.2 Å². The standard InChI is InChI=1S/C43H54FN5O7/c1-28-22-47(35(23-46-18-19-55-26-29(46)2)24-48(28)41(53)56-42(3,4)5)25-38(50)49-27-43(6,40(52)45-34-15-11-32(12-16-34)39(51)54-7)36-17-10-31(21-37(36)49)20-30-8-13-33(44)14-9-30/h8-17,21,28-29,35H,18-20,22-27H2,1-7H3,(H,45,52)/t28-,29-,35+,43?/m1/s1. The van der Waals surface area contributed by atoms with Gasteiger partial charge < -0.3 is 29.3 Å². The number of methoxy groups -OCH3 is 1. The summed E-state index contributed by atoms with van der Waals surface area (Å²) >= 11 is 0. The summed E-state index contributed by atoms with van der Waals surface area (Å²) in [5.74, 6) is -1.26. The predicted molar refractivity (Wildman–Crippen MR) is 211 cm³/mol. The Morgan fingerprint density at radius 1 is 0.929 bits per heavy atom. The van der Waals surface area contributed by atoms with Crippen molar-refractivity contribution in [3.8, 4) is 0 Å². The van der Waals surface area contributed by atoms with Crippen molar-refractivity contribution in [3.63, 3.8) is 0 Å². The van der Waals surface area contributed by atoms with E-state index in [-0.39, 0.29) is 54.9 Å². The fraction of sp³-hybridized carbons (Fsp3) is 0.488. The van der Waals surface area contributed by atoms with Gasteiger partial charge in [0.15, 0.2) is 0 Å². The van der Waals surface area contributed by atoms with Gasteiger partial charge in [-0.1, -0.05) is 24.3 Å². The normalized spacial score (nSPS) is 23.0. The molecule has 0 saturated carbocycles. The number of hydrogen-bond acceptors (Lipinski definition) is 9. The Kier molecular flexibility index (Phi) is 12.2. The highest BCUT2D eigenvalue weighted by Gasteiger charge is 2.48. The highest BCUT2D eigenvalue weighted by atomic mass is 19.1. The van der Waals surface area contributed by atoms with Crippen molar-refractivity contribution in [2.24, 2.45) is 0 Å². The van der Waals surface area contributed by atoms with Gasteiger partial charge in [0.1, 0.15) is 11.4 Å². The predicted octanol–water partition coefficient (Wildman–Crippen LogP) is 5.48. The zero-order valence-corrected chi connectivity index (χ0v) is 33.5. The van der Waals surface area contributed by atoms with Crippen LogP contribution in [0.4, 0.5) is 20.6 Å². The first-order valence-electron chi connectivity index (χ1n) is 19.3. The summed E-state index contributed by atoms with van der Waals surface area (Å²) in [6, 6.07) is 18.4. The summed E-state index contributed by atoms with van der Waals surface area (Å²) in [6.07, 6.45) is 0.134. The van der Waals surface area contributed by atoms with Crippen LogP contribution in [0.5, 0.6) is 0 Å². The smallest absolute Gasteiger partial charge is 0.410 e. The number of amides is 3. The third kappa shape index (κ3) is 9.22. The molecule has 13 heteroatoms. The largest absolute Gasteiger partial charge is 0.465 e. The zero-order chi connectivity index (χ0) is 40.4. The summed E-state index contributed by atoms with van der Waals surface area (Å²) in [5, 5.41) is 3.00. The summed E-state index contributed by atoms with van der Waals surface area (Å²) in [4.78, 5) is 62.4. The molecule has 4 atom stereocenters. The van der Waals surface area contributed by atoms with Crippen molar-refractivity contribution < 1.29 is 37.8 Å². The van der Waals surface area contributed by atoms with E-state index >= 15 is 0 Å². The molecule has 3 aromatic carbocycles. The fourth-order valence-electron chi connectivity index (χ4n) is 7.81. The molecule has 2 saturated heterocycles. The lowest BCUT2D eigenvalue weighted by atomic mass is 9.83. The molecule has 56 heavy (non-hydrogen) atoms. The van der Waals surface area contributed by atoms with Gasteiger partial charge in [0.2, 0.25) is 11.8 Å². The van der Waals surface area contributed by atoms with Crippen LogP contribution in [0.25, 0.3) is 0 Å². The lowest BCUT2D eigenvalue weighted by Gasteiger charge is -2.47. The number of piperazine rings is 1. The molecule has 12 nitrogen and oxygen atoms in total. The average molecular weight is 772 g/mol. The molecule has 3 aliphatic heterocycles. The molecule has 1 unspecified atom stereocenters. The molecule has 0 aliphatic carbocycles. The number of morpholine rings is 1. The number of carbonyl (C=O) groups excluding carboxylic acids is 4. The summed E-state index contributed by atoms with van der Waals surface area (Å²) in [5.41, 5.74) is 2.27. The Hall–Kier alpha value is -4.85. The van der Waals surface area contributed by atoms with Crippen LogP contribution >= 0.6 is 0 Å². The second kappa shape index (κ2) is 16.7. The van der Waals surface area contributed by atoms with Crippen LogP contribution in [-0.4, -0.2) is 122 Å². The van der Waals surface area contributed by atoms with Crippen LogP contribution in [0, 0.1) is 5.82 Å². The number of fused-ring (bicyclic) bond motifs is 1. The SMILES string of the molecule is COC(=O)c1ccc(NC(=O)C2(C)CN(C(=O)CN3C[C@@H](C)N(C(=O)OC(C)(C)C)C[C@@H]3CN3CCOC[C@H]3C)c3cc(Cc4ccc(F)cc4)ccc32)cc1. The average Bonchev–Trinajstić information content (AvgIpc) is 3.46. The van der Waals surface area contributed by atoms with Gasteiger partial charge in [-0.3, -0.25) is 19.4 Å². The van der Waals surface area contributed by atoms with Gasteiger partial charge in [0.05, 0.1) is 37.8 Å². The minimum atomic E-state index is -1.12. The Bertz CT molecular complexity index is 1920. The first kappa shape index (κ1) is 40.8. The maximum atomic E-state index is 14.7. The van der Waals surface area contributed by atoms with Crippen LogP contribution in [0.3, 0.4) is 0 Å². The lowest BCUT2D eigenvalue weighted by Crippen LogP contribution is -2.64. The van der Waals surface area contributed by atoms with Crippen molar-refractivity contribution in [1.82, 2.24) is 14.7 Å². The lowest BCUT2D eigenvalue weighted by molar-refractivity contribution is -0.122. The van der Waals surface area contributed by atoms with E-state index in [2.05, 4.69) is 22.0 Å². The number of nitrogens with one attached hydrogen (secondary N) is 1. The second-order valence-corrected chi connectivity index (χ2v) is 16.5. The topological polar surface area (TPSA) is 121 Å². The molecule has 2 fully saturated rings. The Morgan fingerprint density at radius 3 is 2.29 bits per heavy atom. The zero-order valence-electron chi connectivity index (χ0n) is 33.5. The van der Waals surface area contributed by atoms with E-state index in [1.54, 1.807) is 46.2 Å². The number of esters is 1. The van der Waals surface area contributed by atoms with Crippen LogP contribution in [0.1, 0.15) is 68.6 Å². The monoisotopic (exact) mass is 771 g/mol.